The van der Waals surface area contributed by atoms with Crippen molar-refractivity contribution in [3.63, 3.8) is 0 Å². The minimum Gasteiger partial charge on any atom is -0.452 e. The van der Waals surface area contributed by atoms with Crippen molar-refractivity contribution < 1.29 is 22.7 Å². The lowest BCUT2D eigenvalue weighted by Gasteiger charge is -2.18. The number of nitrogens with one attached hydrogen (secondary N) is 1. The predicted octanol–water partition coefficient (Wildman–Crippen LogP) is 3.74. The summed E-state index contributed by atoms with van der Waals surface area (Å²) in [6.45, 7) is 7.55. The fourth-order valence-electron chi connectivity index (χ4n) is 3.29. The molecule has 1 N–H and O–H groups in total. The number of fused-ring (bicyclic) bond motifs is 1. The van der Waals surface area contributed by atoms with Crippen molar-refractivity contribution in [1.82, 2.24) is 9.29 Å². The summed E-state index contributed by atoms with van der Waals surface area (Å²) in [6, 6.07) is 9.61. The molecule has 0 saturated carbocycles. The summed E-state index contributed by atoms with van der Waals surface area (Å²) < 4.78 is 32.7. The number of sulfonamides is 1. The van der Waals surface area contributed by atoms with Crippen molar-refractivity contribution in [1.29, 1.82) is 0 Å². The topological polar surface area (TPSA) is 106 Å². The van der Waals surface area contributed by atoms with Crippen molar-refractivity contribution in [2.45, 2.75) is 32.6 Å². The average molecular weight is 476 g/mol. The van der Waals surface area contributed by atoms with Gasteiger partial charge >= 0.3 is 5.97 Å². The van der Waals surface area contributed by atoms with Crippen LogP contribution < -0.4 is 5.32 Å². The van der Waals surface area contributed by atoms with Gasteiger partial charge in [0.2, 0.25) is 10.0 Å². The number of nitrogens with zero attached hydrogens (tertiary/aromatic N) is 2. The Morgan fingerprint density at radius 3 is 2.53 bits per heavy atom. The predicted molar refractivity (Wildman–Crippen MR) is 125 cm³/mol. The first-order valence-corrected chi connectivity index (χ1v) is 12.4. The zero-order valence-corrected chi connectivity index (χ0v) is 20.0. The van der Waals surface area contributed by atoms with Crippen LogP contribution in [0.15, 0.2) is 41.3 Å². The molecule has 0 bridgehead atoms. The van der Waals surface area contributed by atoms with Crippen molar-refractivity contribution in [2.24, 2.45) is 0 Å². The number of hydrogen-bond acceptors (Lipinski definition) is 7. The molecule has 2 aromatic carbocycles. The van der Waals surface area contributed by atoms with Gasteiger partial charge in [-0.15, -0.1) is 0 Å². The molecular weight excluding hydrogens is 450 g/mol. The normalized spacial score (nSPS) is 11.7. The Bertz CT molecular complexity index is 1260. The van der Waals surface area contributed by atoms with Gasteiger partial charge in [-0.1, -0.05) is 37.3 Å². The Labute approximate surface area is 191 Å². The first-order chi connectivity index (χ1) is 15.1. The van der Waals surface area contributed by atoms with E-state index in [4.69, 9.17) is 4.74 Å². The van der Waals surface area contributed by atoms with E-state index in [1.165, 1.54) is 39.9 Å². The monoisotopic (exact) mass is 475 g/mol. The van der Waals surface area contributed by atoms with Gasteiger partial charge in [0.1, 0.15) is 0 Å². The molecule has 10 heteroatoms. The number of anilines is 1. The highest BCUT2D eigenvalue weighted by molar-refractivity contribution is 7.89. The van der Waals surface area contributed by atoms with Crippen LogP contribution in [0.4, 0.5) is 5.13 Å². The molecule has 1 heterocycles. The molecule has 0 unspecified atom stereocenters. The second-order valence-corrected chi connectivity index (χ2v) is 10.2. The molecule has 0 aliphatic heterocycles. The molecule has 3 aromatic rings. The van der Waals surface area contributed by atoms with Crippen molar-refractivity contribution >= 4 is 48.6 Å². The summed E-state index contributed by atoms with van der Waals surface area (Å²) in [5.74, 6) is -1.31. The fourth-order valence-corrected chi connectivity index (χ4v) is 5.85. The molecule has 0 atom stereocenters. The smallest absolute Gasteiger partial charge is 0.338 e. The van der Waals surface area contributed by atoms with Crippen molar-refractivity contribution in [3.8, 4) is 0 Å². The Hall–Kier alpha value is -2.82. The number of esters is 1. The van der Waals surface area contributed by atoms with E-state index in [1.54, 1.807) is 13.8 Å². The maximum atomic E-state index is 12.7. The van der Waals surface area contributed by atoms with E-state index in [2.05, 4.69) is 10.3 Å². The van der Waals surface area contributed by atoms with E-state index >= 15 is 0 Å². The SMILES string of the molecule is CCN(CC)S(=O)(=O)c1cccc(C(=O)OCC(=O)Nc2nc3c(C)cc(C)cc3s2)c1. The third kappa shape index (κ3) is 5.14. The number of hydrogen-bond donors (Lipinski definition) is 1. The number of ether oxygens (including phenoxy) is 1. The van der Waals surface area contributed by atoms with E-state index < -0.39 is 28.5 Å². The lowest BCUT2D eigenvalue weighted by molar-refractivity contribution is -0.119. The number of thiazole rings is 1. The molecule has 0 aliphatic rings. The van der Waals surface area contributed by atoms with Gasteiger partial charge in [-0.05, 0) is 49.2 Å². The van der Waals surface area contributed by atoms with Crippen LogP contribution in [-0.2, 0) is 19.6 Å². The van der Waals surface area contributed by atoms with E-state index in [0.717, 1.165) is 21.3 Å². The van der Waals surface area contributed by atoms with Gasteiger partial charge in [0.05, 0.1) is 20.7 Å². The summed E-state index contributed by atoms with van der Waals surface area (Å²) in [6.07, 6.45) is 0. The zero-order chi connectivity index (χ0) is 23.5. The van der Waals surface area contributed by atoms with Crippen LogP contribution in [0.5, 0.6) is 0 Å². The maximum Gasteiger partial charge on any atom is 0.338 e. The first kappa shape index (κ1) is 23.8. The van der Waals surface area contributed by atoms with Crippen LogP contribution in [0, 0.1) is 13.8 Å². The van der Waals surface area contributed by atoms with Gasteiger partial charge in [-0.3, -0.25) is 10.1 Å². The number of amides is 1. The van der Waals surface area contributed by atoms with E-state index in [1.807, 2.05) is 26.0 Å². The second-order valence-electron chi connectivity index (χ2n) is 7.19. The summed E-state index contributed by atoms with van der Waals surface area (Å²) in [5, 5.41) is 3.06. The first-order valence-electron chi connectivity index (χ1n) is 10.1. The molecule has 8 nitrogen and oxygen atoms in total. The molecule has 0 saturated heterocycles. The van der Waals surface area contributed by atoms with Gasteiger partial charge in [0.25, 0.3) is 5.91 Å². The number of aromatic nitrogens is 1. The van der Waals surface area contributed by atoms with Crippen molar-refractivity contribution in [3.05, 3.63) is 53.1 Å². The lowest BCUT2D eigenvalue weighted by Crippen LogP contribution is -2.30. The van der Waals surface area contributed by atoms with E-state index in [-0.39, 0.29) is 10.5 Å². The summed E-state index contributed by atoms with van der Waals surface area (Å²) >= 11 is 1.34. The molecule has 0 radical (unpaired) electrons. The maximum absolute atomic E-state index is 12.7. The summed E-state index contributed by atoms with van der Waals surface area (Å²) in [4.78, 5) is 29.1. The average Bonchev–Trinajstić information content (AvgIpc) is 3.15. The molecule has 170 valence electrons. The highest BCUT2D eigenvalue weighted by Crippen LogP contribution is 2.29. The van der Waals surface area contributed by atoms with Crippen LogP contribution in [0.1, 0.15) is 35.3 Å². The third-order valence-corrected chi connectivity index (χ3v) is 7.79. The van der Waals surface area contributed by atoms with Crippen LogP contribution in [-0.4, -0.2) is 49.3 Å². The van der Waals surface area contributed by atoms with E-state index in [9.17, 15) is 18.0 Å². The molecule has 3 rings (SSSR count). The molecule has 0 aliphatic carbocycles. The summed E-state index contributed by atoms with van der Waals surface area (Å²) in [7, 11) is -3.71. The molecule has 32 heavy (non-hydrogen) atoms. The highest BCUT2D eigenvalue weighted by atomic mass is 32.2. The Morgan fingerprint density at radius 2 is 1.84 bits per heavy atom. The molecule has 1 aromatic heterocycles. The molecule has 0 fully saturated rings. The molecular formula is C22H25N3O5S2. The standard InChI is InChI=1S/C22H25N3O5S2/c1-5-25(6-2)32(28,29)17-9-7-8-16(12-17)21(27)30-13-19(26)23-22-24-20-15(4)10-14(3)11-18(20)31-22/h7-12H,5-6,13H2,1-4H3,(H,23,24,26). The Balaban J connectivity index is 1.66. The summed E-state index contributed by atoms with van der Waals surface area (Å²) in [5.41, 5.74) is 3.00. The zero-order valence-electron chi connectivity index (χ0n) is 18.3. The van der Waals surface area contributed by atoms with Gasteiger partial charge in [0.15, 0.2) is 11.7 Å². The van der Waals surface area contributed by atoms with Crippen molar-refractivity contribution in [2.75, 3.05) is 25.0 Å². The van der Waals surface area contributed by atoms with Gasteiger partial charge in [0, 0.05) is 13.1 Å². The van der Waals surface area contributed by atoms with Gasteiger partial charge in [-0.25, -0.2) is 18.2 Å². The van der Waals surface area contributed by atoms with Gasteiger partial charge in [-0.2, -0.15) is 4.31 Å². The largest absolute Gasteiger partial charge is 0.452 e. The third-order valence-electron chi connectivity index (χ3n) is 4.82. The van der Waals surface area contributed by atoms with Crippen LogP contribution >= 0.6 is 11.3 Å². The fraction of sp³-hybridized carbons (Fsp3) is 0.318. The number of carbonyl (C=O) groups is 2. The molecule has 0 spiro atoms. The highest BCUT2D eigenvalue weighted by Gasteiger charge is 2.23. The van der Waals surface area contributed by atoms with Crippen LogP contribution in [0.3, 0.4) is 0 Å². The number of aryl methyl sites for hydroxylation is 2. The van der Waals surface area contributed by atoms with E-state index in [0.29, 0.717) is 18.2 Å². The number of rotatable bonds is 8. The quantitative estimate of drug-likeness (QED) is 0.498. The number of carbonyl (C=O) groups excluding carboxylic acids is 2. The molecule has 1 amide bonds. The second kappa shape index (κ2) is 9.76. The van der Waals surface area contributed by atoms with Crippen LogP contribution in [0.2, 0.25) is 0 Å². The van der Waals surface area contributed by atoms with Crippen LogP contribution in [0.25, 0.3) is 10.2 Å². The minimum atomic E-state index is -3.71. The number of benzene rings is 2. The minimum absolute atomic E-state index is 0.000223. The Kier molecular flexibility index (Phi) is 7.27. The Morgan fingerprint density at radius 1 is 1.12 bits per heavy atom. The lowest BCUT2D eigenvalue weighted by atomic mass is 10.1. The van der Waals surface area contributed by atoms with Gasteiger partial charge < -0.3 is 4.74 Å².